The summed E-state index contributed by atoms with van der Waals surface area (Å²) in [5, 5.41) is 3.28. The molecule has 2 amide bonds. The molecule has 0 aromatic carbocycles. The molecule has 7 heteroatoms. The van der Waals surface area contributed by atoms with Gasteiger partial charge in [0.25, 0.3) is 0 Å². The van der Waals surface area contributed by atoms with Gasteiger partial charge in [-0.05, 0) is 12.8 Å². The molecule has 114 valence electrons. The Bertz CT molecular complexity index is 506. The minimum absolute atomic E-state index is 0.0536. The molecule has 1 saturated heterocycles. The van der Waals surface area contributed by atoms with Gasteiger partial charge in [-0.3, -0.25) is 9.59 Å². The Kier molecular flexibility index (Phi) is 5.50. The number of nitrogens with zero attached hydrogens (tertiary/aromatic N) is 3. The first-order valence-corrected chi connectivity index (χ1v) is 7.50. The van der Waals surface area contributed by atoms with Crippen LogP contribution in [0.1, 0.15) is 32.0 Å². The minimum Gasteiger partial charge on any atom is -0.349 e. The second kappa shape index (κ2) is 7.36. The van der Waals surface area contributed by atoms with Gasteiger partial charge in [-0.2, -0.15) is 0 Å². The van der Waals surface area contributed by atoms with Crippen LogP contribution < -0.4 is 5.32 Å². The molecule has 1 aliphatic heterocycles. The van der Waals surface area contributed by atoms with Crippen LogP contribution in [0.3, 0.4) is 0 Å². The monoisotopic (exact) mass is 310 g/mol. The van der Waals surface area contributed by atoms with Crippen LogP contribution >= 0.6 is 11.6 Å². The van der Waals surface area contributed by atoms with E-state index in [1.54, 1.807) is 4.90 Å². The summed E-state index contributed by atoms with van der Waals surface area (Å²) in [5.41, 5.74) is 0. The Morgan fingerprint density at radius 2 is 2.19 bits per heavy atom. The Morgan fingerprint density at radius 3 is 2.86 bits per heavy atom. The van der Waals surface area contributed by atoms with E-state index in [9.17, 15) is 9.59 Å². The second-order valence-electron chi connectivity index (χ2n) is 5.11. The quantitative estimate of drug-likeness (QED) is 0.892. The van der Waals surface area contributed by atoms with E-state index in [0.29, 0.717) is 36.8 Å². The second-order valence-corrected chi connectivity index (χ2v) is 5.55. The average molecular weight is 311 g/mol. The summed E-state index contributed by atoms with van der Waals surface area (Å²) in [6.45, 7) is 3.51. The number of carbonyl (C=O) groups excluding carboxylic acids is 2. The van der Waals surface area contributed by atoms with Gasteiger partial charge >= 0.3 is 0 Å². The van der Waals surface area contributed by atoms with Crippen molar-refractivity contribution in [3.8, 4) is 0 Å². The molecule has 0 saturated carbocycles. The maximum Gasteiger partial charge on any atom is 0.225 e. The Labute approximate surface area is 128 Å². The van der Waals surface area contributed by atoms with Crippen molar-refractivity contribution in [2.45, 2.75) is 32.7 Å². The highest BCUT2D eigenvalue weighted by atomic mass is 35.5. The van der Waals surface area contributed by atoms with E-state index < -0.39 is 0 Å². The van der Waals surface area contributed by atoms with E-state index in [4.69, 9.17) is 11.6 Å². The average Bonchev–Trinajstić information content (AvgIpc) is 2.49. The molecule has 1 aliphatic rings. The first-order valence-electron chi connectivity index (χ1n) is 7.12. The van der Waals surface area contributed by atoms with Gasteiger partial charge in [0.15, 0.2) is 0 Å². The number of amides is 2. The van der Waals surface area contributed by atoms with Crippen molar-refractivity contribution in [2.24, 2.45) is 5.92 Å². The lowest BCUT2D eigenvalue weighted by atomic mass is 9.96. The van der Waals surface area contributed by atoms with Crippen molar-refractivity contribution in [3.63, 3.8) is 0 Å². The number of carbonyl (C=O) groups is 2. The Morgan fingerprint density at radius 1 is 1.48 bits per heavy atom. The van der Waals surface area contributed by atoms with Gasteiger partial charge in [-0.1, -0.05) is 18.5 Å². The number of piperidine rings is 1. The van der Waals surface area contributed by atoms with Gasteiger partial charge in [0.2, 0.25) is 11.8 Å². The molecule has 2 rings (SSSR count). The predicted molar refractivity (Wildman–Crippen MR) is 78.5 cm³/mol. The maximum atomic E-state index is 12.2. The van der Waals surface area contributed by atoms with E-state index in [0.717, 1.165) is 6.42 Å². The van der Waals surface area contributed by atoms with Crippen LogP contribution in [-0.2, 0) is 16.1 Å². The Hall–Kier alpha value is -1.69. The molecule has 0 unspecified atom stereocenters. The van der Waals surface area contributed by atoms with Crippen LogP contribution in [0.15, 0.2) is 12.4 Å². The fraction of sp³-hybridized carbons (Fsp3) is 0.571. The minimum atomic E-state index is -0.151. The van der Waals surface area contributed by atoms with Gasteiger partial charge < -0.3 is 10.2 Å². The highest BCUT2D eigenvalue weighted by molar-refractivity contribution is 6.30. The lowest BCUT2D eigenvalue weighted by Crippen LogP contribution is -2.45. The zero-order valence-electron chi connectivity index (χ0n) is 12.0. The molecule has 1 aromatic rings. The van der Waals surface area contributed by atoms with Crippen molar-refractivity contribution in [1.29, 1.82) is 0 Å². The van der Waals surface area contributed by atoms with Gasteiger partial charge in [0, 0.05) is 31.9 Å². The molecular weight excluding hydrogens is 292 g/mol. The van der Waals surface area contributed by atoms with Gasteiger partial charge in [0.1, 0.15) is 5.82 Å². The topological polar surface area (TPSA) is 75.2 Å². The molecule has 0 spiro atoms. The Balaban J connectivity index is 1.85. The van der Waals surface area contributed by atoms with E-state index in [-0.39, 0.29) is 24.3 Å². The van der Waals surface area contributed by atoms with E-state index in [1.807, 2.05) is 6.92 Å². The normalized spacial score (nSPS) is 18.7. The third-order valence-corrected chi connectivity index (χ3v) is 3.65. The molecule has 2 heterocycles. The molecule has 0 radical (unpaired) electrons. The summed E-state index contributed by atoms with van der Waals surface area (Å²) >= 11 is 5.71. The van der Waals surface area contributed by atoms with Crippen LogP contribution in [0.25, 0.3) is 0 Å². The highest BCUT2D eigenvalue weighted by Gasteiger charge is 2.29. The third-order valence-electron chi connectivity index (χ3n) is 3.46. The van der Waals surface area contributed by atoms with Crippen molar-refractivity contribution < 1.29 is 9.59 Å². The zero-order valence-corrected chi connectivity index (χ0v) is 12.8. The van der Waals surface area contributed by atoms with Crippen molar-refractivity contribution >= 4 is 23.4 Å². The van der Waals surface area contributed by atoms with E-state index in [2.05, 4.69) is 15.3 Å². The number of halogens is 1. The molecule has 1 atom stereocenters. The van der Waals surface area contributed by atoms with Crippen molar-refractivity contribution in [3.05, 3.63) is 23.2 Å². The van der Waals surface area contributed by atoms with Crippen molar-refractivity contribution in [1.82, 2.24) is 20.2 Å². The summed E-state index contributed by atoms with van der Waals surface area (Å²) in [5.74, 6) is 0.454. The highest BCUT2D eigenvalue weighted by Crippen LogP contribution is 2.18. The molecule has 1 fully saturated rings. The first-order chi connectivity index (χ1) is 10.1. The lowest BCUT2D eigenvalue weighted by molar-refractivity contribution is -0.138. The van der Waals surface area contributed by atoms with Crippen LogP contribution in [0, 0.1) is 5.92 Å². The maximum absolute atomic E-state index is 12.2. The first kappa shape index (κ1) is 15.7. The molecule has 0 aliphatic carbocycles. The molecule has 0 bridgehead atoms. The molecule has 1 aromatic heterocycles. The van der Waals surface area contributed by atoms with E-state index >= 15 is 0 Å². The number of hydrogen-bond donors (Lipinski definition) is 1. The lowest BCUT2D eigenvalue weighted by Gasteiger charge is -2.31. The van der Waals surface area contributed by atoms with Gasteiger partial charge in [-0.25, -0.2) is 9.97 Å². The SMILES string of the molecule is CCCN1C[C@H](C(=O)NCc2ncc(Cl)cn2)CCC1=O. The number of rotatable bonds is 5. The van der Waals surface area contributed by atoms with E-state index in [1.165, 1.54) is 12.4 Å². The predicted octanol–water partition coefficient (Wildman–Crippen LogP) is 1.39. The van der Waals surface area contributed by atoms with Crippen molar-refractivity contribution in [2.75, 3.05) is 13.1 Å². The fourth-order valence-electron chi connectivity index (χ4n) is 2.36. The third kappa shape index (κ3) is 4.39. The summed E-state index contributed by atoms with van der Waals surface area (Å²) in [7, 11) is 0. The standard InChI is InChI=1S/C14H19ClN4O2/c1-2-5-19-9-10(3-4-13(19)20)14(21)18-8-12-16-6-11(15)7-17-12/h6-7,10H,2-5,8-9H2,1H3,(H,18,21)/t10-/m1/s1. The molecular formula is C14H19ClN4O2. The fourth-order valence-corrected chi connectivity index (χ4v) is 2.45. The number of nitrogens with one attached hydrogen (secondary N) is 1. The van der Waals surface area contributed by atoms with Crippen LogP contribution in [0.2, 0.25) is 5.02 Å². The van der Waals surface area contributed by atoms with Gasteiger partial charge in [0.05, 0.1) is 17.5 Å². The summed E-state index contributed by atoms with van der Waals surface area (Å²) in [4.78, 5) is 33.7. The molecule has 21 heavy (non-hydrogen) atoms. The van der Waals surface area contributed by atoms with Crippen LogP contribution in [0.4, 0.5) is 0 Å². The summed E-state index contributed by atoms with van der Waals surface area (Å²) < 4.78 is 0. The number of aromatic nitrogens is 2. The molecule has 6 nitrogen and oxygen atoms in total. The van der Waals surface area contributed by atoms with Crippen LogP contribution in [0.5, 0.6) is 0 Å². The largest absolute Gasteiger partial charge is 0.349 e. The number of likely N-dealkylation sites (tertiary alicyclic amines) is 1. The smallest absolute Gasteiger partial charge is 0.225 e. The summed E-state index contributed by atoms with van der Waals surface area (Å²) in [6, 6.07) is 0. The zero-order chi connectivity index (χ0) is 15.2. The van der Waals surface area contributed by atoms with Crippen LogP contribution in [-0.4, -0.2) is 39.8 Å². The number of hydrogen-bond acceptors (Lipinski definition) is 4. The summed E-state index contributed by atoms with van der Waals surface area (Å²) in [6.07, 6.45) is 4.94. The molecule has 1 N–H and O–H groups in total. The van der Waals surface area contributed by atoms with Gasteiger partial charge in [-0.15, -0.1) is 0 Å².